The van der Waals surface area contributed by atoms with Gasteiger partial charge in [-0.05, 0) is 184 Å². The Kier molecular flexibility index (Phi) is 32.3. The molecule has 0 aliphatic carbocycles. The van der Waals surface area contributed by atoms with Gasteiger partial charge in [0.2, 0.25) is 17.8 Å². The molecule has 6 aliphatic heterocycles. The Balaban J connectivity index is 0.000000179. The third-order valence-corrected chi connectivity index (χ3v) is 25.6. The van der Waals surface area contributed by atoms with E-state index in [1.54, 1.807) is 76.3 Å². The number of aliphatic hydroxyl groups is 1. The molecule has 8 amide bonds. The van der Waals surface area contributed by atoms with Crippen LogP contribution in [0.15, 0.2) is 30.7 Å². The van der Waals surface area contributed by atoms with Gasteiger partial charge in [-0.1, -0.05) is 34.8 Å². The smallest absolute Gasteiger partial charge is 0.416 e. The van der Waals surface area contributed by atoms with Crippen molar-refractivity contribution in [2.24, 2.45) is 0 Å². The number of anilines is 6. The first kappa shape index (κ1) is 105. The first-order valence-corrected chi connectivity index (χ1v) is 47.0. The van der Waals surface area contributed by atoms with Gasteiger partial charge in [-0.3, -0.25) is 68.2 Å². The van der Waals surface area contributed by atoms with Crippen LogP contribution in [0.2, 0.25) is 15.5 Å². The van der Waals surface area contributed by atoms with E-state index in [-0.39, 0.29) is 147 Å². The van der Waals surface area contributed by atoms with Gasteiger partial charge in [0.05, 0.1) is 113 Å². The predicted octanol–water partition coefficient (Wildman–Crippen LogP) is 11.4. The van der Waals surface area contributed by atoms with Crippen LogP contribution in [0.1, 0.15) is 198 Å². The molecule has 1 atom stereocenters. The summed E-state index contributed by atoms with van der Waals surface area (Å²) in [6, 6.07) is 1.72. The second kappa shape index (κ2) is 43.4. The summed E-state index contributed by atoms with van der Waals surface area (Å²) in [6.45, 7) is 38.6. The molecule has 6 aliphatic rings. The van der Waals surface area contributed by atoms with E-state index >= 15 is 0 Å². The third kappa shape index (κ3) is 23.9. The average molecular weight is 2010 g/mol. The zero-order chi connectivity index (χ0) is 103. The maximum atomic E-state index is 14.0. The van der Waals surface area contributed by atoms with E-state index in [1.165, 1.54) is 28.7 Å². The van der Waals surface area contributed by atoms with Crippen LogP contribution in [0.5, 0.6) is 11.5 Å². The Morgan fingerprint density at radius 1 is 0.489 bits per heavy atom. The van der Waals surface area contributed by atoms with Gasteiger partial charge >= 0.3 is 18.4 Å². The number of aryl methyl sites for hydroxylation is 5. The fourth-order valence-corrected chi connectivity index (χ4v) is 18.6. The van der Waals surface area contributed by atoms with Gasteiger partial charge in [-0.2, -0.15) is 28.1 Å². The van der Waals surface area contributed by atoms with Crippen molar-refractivity contribution in [1.82, 2.24) is 100 Å². The Morgan fingerprint density at radius 3 is 1.19 bits per heavy atom. The molecule has 0 spiro atoms. The molecule has 141 heavy (non-hydrogen) atoms. The fourth-order valence-electron chi connectivity index (χ4n) is 17.8. The number of piperazine rings is 2. The van der Waals surface area contributed by atoms with E-state index in [1.807, 2.05) is 88.0 Å². The number of β-amino-alcohol motifs (C(OH)–C–C–N with tert-alkyl or cyclic N) is 1. The number of nitrogens with zero attached hydrogens (tertiary/aromatic N) is 17. The molecule has 0 radical (unpaired) electrons. The van der Waals surface area contributed by atoms with Gasteiger partial charge in [0.15, 0.2) is 17.5 Å². The lowest BCUT2D eigenvalue weighted by Crippen LogP contribution is -2.52. The zero-order valence-corrected chi connectivity index (χ0v) is 84.3. The minimum absolute atomic E-state index is 0.00605. The molecular weight excluding hydrogens is 1890 g/mol. The number of pyridine rings is 3. The van der Waals surface area contributed by atoms with Crippen LogP contribution in [-0.4, -0.2) is 273 Å². The number of ether oxygens (including phenoxy) is 4. The number of H-pyrrole nitrogens is 3. The number of likely N-dealkylation sites (tertiary alicyclic amines) is 1. The number of alkyl halides is 3. The van der Waals surface area contributed by atoms with E-state index in [0.717, 1.165) is 65.1 Å². The lowest BCUT2D eigenvalue weighted by Gasteiger charge is -2.36. The first-order valence-electron chi connectivity index (χ1n) is 45.9. The van der Waals surface area contributed by atoms with E-state index in [9.17, 15) is 56.6 Å². The molecule has 3 saturated heterocycles. The summed E-state index contributed by atoms with van der Waals surface area (Å²) in [6.07, 6.45) is 5.53. The van der Waals surface area contributed by atoms with Crippen LogP contribution in [0.3, 0.4) is 0 Å². The van der Waals surface area contributed by atoms with E-state index < -0.39 is 35.0 Å². The average Bonchev–Trinajstić information content (AvgIpc) is 1.60. The van der Waals surface area contributed by atoms with Crippen molar-refractivity contribution in [2.45, 2.75) is 167 Å². The number of aromatic amines is 3. The SMILES string of the molecule is COc1c(C)cnc(CN2C(=O)/C(=C\c3[nH]c(C)c(C(=O)NCC(O)CN4CCN(C(=O)OC(C)(C)C)CC4)c3C)c3c(Cl)nc(N)nc32)c1C.COc1c(C)cnc(CN2C(=O)/C(=C\c3[nH]c(C)c(C(=O)NCCN4CCN(C(=O)OC(C)(C)C)CC4)c3C)c3c(Cl)nc(N)nc32)c1C.Cc1[nH]c(/C=C2\C(=O)N(Cc3cc(C(F)(F)F)ccn3)c3nc(N)nc(Cl)c32)c(C)c1C(=O)NCCN1CCCC1. The number of nitrogens with two attached hydrogens (primary N) is 3. The van der Waals surface area contributed by atoms with Crippen LogP contribution < -0.4 is 57.3 Å². The predicted molar refractivity (Wildman–Crippen MR) is 529 cm³/mol. The number of amides is 8. The van der Waals surface area contributed by atoms with Gasteiger partial charge in [-0.15, -0.1) is 0 Å². The molecule has 15 rings (SSSR count). The van der Waals surface area contributed by atoms with Crippen molar-refractivity contribution in [1.29, 1.82) is 0 Å². The van der Waals surface area contributed by atoms with Crippen molar-refractivity contribution < 1.29 is 75.6 Å². The molecule has 0 bridgehead atoms. The topological polar surface area (TPSA) is 497 Å². The summed E-state index contributed by atoms with van der Waals surface area (Å²) >= 11 is 19.5. The highest BCUT2D eigenvalue weighted by Gasteiger charge is 2.43. The normalized spacial score (nSPS) is 16.3. The van der Waals surface area contributed by atoms with E-state index in [4.69, 9.17) is 71.0 Å². The Bertz CT molecular complexity index is 6460. The number of hydrogen-bond donors (Lipinski definition) is 10. The van der Waals surface area contributed by atoms with Crippen LogP contribution in [0.25, 0.3) is 34.9 Å². The number of nitrogens with one attached hydrogen (secondary N) is 6. The minimum atomic E-state index is -4.58. The Hall–Kier alpha value is -13.4. The molecule has 45 heteroatoms. The first-order chi connectivity index (χ1) is 66.5. The number of methoxy groups -OCH3 is 2. The molecule has 9 aromatic rings. The second-order valence-corrected chi connectivity index (χ2v) is 38.3. The molecular formula is C96H118Cl3F3N26O13. The summed E-state index contributed by atoms with van der Waals surface area (Å²) < 4.78 is 61.9. The number of rotatable bonds is 24. The summed E-state index contributed by atoms with van der Waals surface area (Å²) in [5.41, 5.74) is 28.4. The van der Waals surface area contributed by atoms with Gasteiger partial charge in [0.1, 0.15) is 38.2 Å². The van der Waals surface area contributed by atoms with Crippen molar-refractivity contribution in [3.05, 3.63) is 175 Å². The monoisotopic (exact) mass is 2000 g/mol. The lowest BCUT2D eigenvalue weighted by molar-refractivity contribution is -0.137. The molecule has 39 nitrogen and oxygen atoms in total. The quantitative estimate of drug-likeness (QED) is 0.0198. The van der Waals surface area contributed by atoms with Crippen molar-refractivity contribution >= 4 is 153 Å². The minimum Gasteiger partial charge on any atom is -0.496 e. The lowest BCUT2D eigenvalue weighted by atomic mass is 10.1. The molecule has 0 aromatic carbocycles. The van der Waals surface area contributed by atoms with Crippen LogP contribution in [0.4, 0.5) is 58.1 Å². The number of hydrogen-bond acceptors (Lipinski definition) is 28. The van der Waals surface area contributed by atoms with Gasteiger partial charge < -0.3 is 86.9 Å². The summed E-state index contributed by atoms with van der Waals surface area (Å²) in [5.74, 6) is -0.558. The van der Waals surface area contributed by atoms with Crippen molar-refractivity contribution in [3.63, 3.8) is 0 Å². The van der Waals surface area contributed by atoms with Crippen LogP contribution in [0, 0.1) is 69.2 Å². The number of halogens is 6. The zero-order valence-electron chi connectivity index (χ0n) is 82.0. The van der Waals surface area contributed by atoms with Gasteiger partial charge in [-0.25, -0.2) is 24.5 Å². The fraction of sp³-hybridized carbons (Fsp3) is 0.448. The number of aliphatic hydroxyl groups excluding tert-OH is 1. The van der Waals surface area contributed by atoms with E-state index in [0.29, 0.717) is 180 Å². The second-order valence-electron chi connectivity index (χ2n) is 37.2. The highest BCUT2D eigenvalue weighted by molar-refractivity contribution is 6.43. The Labute approximate surface area is 828 Å². The standard InChI is InChI=1S/C35H46ClN9O6.C34H44ClN9O5.C27H28ClF3N8O2/c1-18-14-38-25(20(3)28(18)50-8)17-45-30-27(29(36)41-33(37)42-30)23(32(45)48)13-24-19(2)26(21(4)40-24)31(47)39-15-22(46)16-43-9-11-44(12-10-43)34(49)51-35(5,6)7;1-18-16-38-24(20(3)27(18)48-8)17-44-29-26(28(35)40-32(36)41-29)22(31(44)46)15-23-19(2)25(21(4)39-23)30(45)37-9-10-42-11-13-43(14-12-42)33(47)49-34(5,6)7;1-14-19(35-15(2)20(14)24(40)34-7-10-38-8-3-4-9-38)12-18-21-22(28)36-26(32)37-23(21)39(25(18)41)13-17-11-16(5-6-33-17)27(29,30)31/h13-14,22,40,46H,9-12,15-17H2,1-8H3,(H,39,47)(H2,37,41,42);15-16,39H,9-14,17H2,1-8H3,(H,37,45)(H2,36,40,41);5-6,11-12,35H,3-4,7-10,13H2,1-2H3,(H,34,40)(H2,32,36,37)/b23-13-;22-15-;18-12-. The highest BCUT2D eigenvalue weighted by Crippen LogP contribution is 2.47. The van der Waals surface area contributed by atoms with Crippen molar-refractivity contribution in [3.8, 4) is 11.5 Å². The number of aromatic nitrogens is 12. The summed E-state index contributed by atoms with van der Waals surface area (Å²) in [5, 5.41) is 19.5. The van der Waals surface area contributed by atoms with Crippen LogP contribution >= 0.6 is 34.8 Å². The number of carbonyl (C=O) groups is 8. The number of nitrogen functional groups attached to an aromatic ring is 3. The maximum absolute atomic E-state index is 14.0. The van der Waals surface area contributed by atoms with E-state index in [2.05, 4.69) is 85.6 Å². The van der Waals surface area contributed by atoms with Crippen molar-refractivity contribution in [2.75, 3.05) is 151 Å². The summed E-state index contributed by atoms with van der Waals surface area (Å²) in [4.78, 5) is 168. The highest BCUT2D eigenvalue weighted by atomic mass is 35.5. The summed E-state index contributed by atoms with van der Waals surface area (Å²) in [7, 11) is 3.18. The number of fused-ring (bicyclic) bond motifs is 3. The molecule has 0 saturated carbocycles. The Morgan fingerprint density at radius 2 is 0.837 bits per heavy atom. The van der Waals surface area contributed by atoms with Gasteiger partial charge in [0.25, 0.3) is 35.4 Å². The molecule has 15 heterocycles. The molecule has 3 fully saturated rings. The maximum Gasteiger partial charge on any atom is 0.416 e. The number of carbonyl (C=O) groups excluding carboxylic acids is 8. The largest absolute Gasteiger partial charge is 0.496 e. The molecule has 13 N–H and O–H groups in total. The molecule has 752 valence electrons. The van der Waals surface area contributed by atoms with Gasteiger partial charge in [0, 0.05) is 167 Å². The molecule has 9 aromatic heterocycles. The third-order valence-electron chi connectivity index (χ3n) is 24.8. The molecule has 1 unspecified atom stereocenters. The van der Waals surface area contributed by atoms with Crippen LogP contribution in [-0.2, 0) is 49.7 Å².